The molecule has 8 nitrogen and oxygen atoms in total. The minimum absolute atomic E-state index is 0.00248. The first-order valence-electron chi connectivity index (χ1n) is 9.52. The van der Waals surface area contributed by atoms with Gasteiger partial charge in [0.05, 0.1) is 18.4 Å². The molecule has 2 aromatic rings. The van der Waals surface area contributed by atoms with E-state index in [1.165, 1.54) is 19.5 Å². The molecule has 0 saturated carbocycles. The summed E-state index contributed by atoms with van der Waals surface area (Å²) in [6.07, 6.45) is 2.04. The van der Waals surface area contributed by atoms with Crippen LogP contribution in [-0.2, 0) is 10.0 Å². The number of fused-ring (bicyclic) bond motifs is 1. The Morgan fingerprint density at radius 3 is 2.75 bits per heavy atom. The zero-order valence-corrected chi connectivity index (χ0v) is 17.6. The van der Waals surface area contributed by atoms with E-state index in [0.717, 1.165) is 16.4 Å². The number of benzene rings is 2. The predicted octanol–water partition coefficient (Wildman–Crippen LogP) is 2.49. The molecule has 0 bridgehead atoms. The molecule has 2 aromatic carbocycles. The number of hydrogen-bond acceptors (Lipinski definition) is 6. The molecule has 2 aliphatic heterocycles. The van der Waals surface area contributed by atoms with Gasteiger partial charge in [0, 0.05) is 37.0 Å². The first-order chi connectivity index (χ1) is 15.3. The van der Waals surface area contributed by atoms with Crippen molar-refractivity contribution in [3.63, 3.8) is 0 Å². The molecule has 2 aliphatic rings. The number of nitrogens with one attached hydrogen (secondary N) is 1. The maximum atomic E-state index is 14.0. The van der Waals surface area contributed by atoms with Crippen LogP contribution < -0.4 is 10.1 Å². The number of rotatable bonds is 5. The van der Waals surface area contributed by atoms with Crippen LogP contribution >= 0.6 is 0 Å². The van der Waals surface area contributed by atoms with Gasteiger partial charge in [0.1, 0.15) is 22.3 Å². The molecule has 0 radical (unpaired) electrons. The first-order valence-corrected chi connectivity index (χ1v) is 11.0. The Labute approximate surface area is 183 Å². The quantitative estimate of drug-likeness (QED) is 0.741. The van der Waals surface area contributed by atoms with Gasteiger partial charge in [0.25, 0.3) is 15.9 Å². The Kier molecular flexibility index (Phi) is 5.74. The van der Waals surface area contributed by atoms with Gasteiger partial charge in [-0.15, -0.1) is 0 Å². The van der Waals surface area contributed by atoms with Gasteiger partial charge in [0.15, 0.2) is 0 Å². The molecule has 1 atom stereocenters. The monoisotopic (exact) mass is 460 g/mol. The van der Waals surface area contributed by atoms with Gasteiger partial charge >= 0.3 is 0 Å². The first kappa shape index (κ1) is 21.6. The highest BCUT2D eigenvalue weighted by Gasteiger charge is 2.30. The number of allylic oxidation sites excluding steroid dienone is 1. The summed E-state index contributed by atoms with van der Waals surface area (Å²) in [5, 5.41) is 2.67. The van der Waals surface area contributed by atoms with Crippen molar-refractivity contribution in [2.75, 3.05) is 13.7 Å². The molecule has 32 heavy (non-hydrogen) atoms. The van der Waals surface area contributed by atoms with E-state index in [0.29, 0.717) is 28.7 Å². The SMILES string of the molecule is COc1ccccc1C(=O)NC1N=CC2=CN(S(=O)(=O)c3ccc(F)cc3F)CCC2=N1. The maximum Gasteiger partial charge on any atom is 0.266 e. The zero-order chi connectivity index (χ0) is 22.9. The average Bonchev–Trinajstić information content (AvgIpc) is 2.78. The number of amides is 1. The van der Waals surface area contributed by atoms with Crippen LogP contribution in [0, 0.1) is 11.6 Å². The van der Waals surface area contributed by atoms with Gasteiger partial charge in [0.2, 0.25) is 6.29 Å². The fourth-order valence-electron chi connectivity index (χ4n) is 3.33. The van der Waals surface area contributed by atoms with Gasteiger partial charge in [-0.05, 0) is 24.3 Å². The van der Waals surface area contributed by atoms with Gasteiger partial charge in [-0.25, -0.2) is 27.2 Å². The van der Waals surface area contributed by atoms with Crippen LogP contribution in [0.3, 0.4) is 0 Å². The molecular weight excluding hydrogens is 442 g/mol. The minimum atomic E-state index is -4.22. The number of nitrogens with zero attached hydrogens (tertiary/aromatic N) is 3. The summed E-state index contributed by atoms with van der Waals surface area (Å²) in [5.41, 5.74) is 1.30. The molecule has 0 aliphatic carbocycles. The topological polar surface area (TPSA) is 100 Å². The van der Waals surface area contributed by atoms with E-state index in [4.69, 9.17) is 4.74 Å². The highest BCUT2D eigenvalue weighted by Crippen LogP contribution is 2.25. The summed E-state index contributed by atoms with van der Waals surface area (Å²) >= 11 is 0. The molecule has 1 unspecified atom stereocenters. The van der Waals surface area contributed by atoms with E-state index in [1.54, 1.807) is 24.3 Å². The molecule has 0 spiro atoms. The number of aliphatic imine (C=N–C) groups is 2. The number of carbonyl (C=O) groups is 1. The van der Waals surface area contributed by atoms with Crippen LogP contribution in [0.1, 0.15) is 16.8 Å². The number of ether oxygens (including phenoxy) is 1. The van der Waals surface area contributed by atoms with Crippen molar-refractivity contribution in [3.05, 3.63) is 71.4 Å². The highest BCUT2D eigenvalue weighted by molar-refractivity contribution is 7.89. The second kappa shape index (κ2) is 8.50. The van der Waals surface area contributed by atoms with Crippen LogP contribution in [0.15, 0.2) is 69.1 Å². The zero-order valence-electron chi connectivity index (χ0n) is 16.8. The van der Waals surface area contributed by atoms with E-state index >= 15 is 0 Å². The number of carbonyl (C=O) groups excluding carboxylic acids is 1. The summed E-state index contributed by atoms with van der Waals surface area (Å²) in [4.78, 5) is 20.5. The number of methoxy groups -OCH3 is 1. The van der Waals surface area contributed by atoms with Gasteiger partial charge in [-0.3, -0.25) is 9.10 Å². The summed E-state index contributed by atoms with van der Waals surface area (Å²) in [6, 6.07) is 9.01. The second-order valence-electron chi connectivity index (χ2n) is 6.93. The molecular formula is C21H18F2N4O4S. The molecule has 0 saturated heterocycles. The van der Waals surface area contributed by atoms with Crippen LogP contribution in [0.5, 0.6) is 5.75 Å². The molecule has 1 N–H and O–H groups in total. The van der Waals surface area contributed by atoms with Crippen LogP contribution in [0.25, 0.3) is 0 Å². The third-order valence-electron chi connectivity index (χ3n) is 4.91. The molecule has 0 aromatic heterocycles. The largest absolute Gasteiger partial charge is 0.496 e. The Hall–Kier alpha value is -3.60. The van der Waals surface area contributed by atoms with Crippen molar-refractivity contribution in [2.45, 2.75) is 17.6 Å². The standard InChI is InChI=1S/C21H18F2N4O4S/c1-31-18-5-3-2-4-15(18)20(28)26-21-24-11-13-12-27(9-8-17(13)25-21)32(29,30)19-7-6-14(22)10-16(19)23/h2-7,10-12,21H,8-9H2,1H3,(H,26,28). The van der Waals surface area contributed by atoms with E-state index in [2.05, 4.69) is 15.3 Å². The van der Waals surface area contributed by atoms with E-state index in [1.807, 2.05) is 0 Å². The third kappa shape index (κ3) is 4.11. The smallest absolute Gasteiger partial charge is 0.266 e. The molecule has 2 heterocycles. The summed E-state index contributed by atoms with van der Waals surface area (Å²) in [5.74, 6) is -2.05. The number of sulfonamides is 1. The number of halogens is 2. The summed E-state index contributed by atoms with van der Waals surface area (Å²) in [6.45, 7) is 0.00248. The lowest BCUT2D eigenvalue weighted by Gasteiger charge is -2.28. The second-order valence-corrected chi connectivity index (χ2v) is 8.79. The van der Waals surface area contributed by atoms with Gasteiger partial charge in [-0.2, -0.15) is 0 Å². The Morgan fingerprint density at radius 1 is 1.22 bits per heavy atom. The fraction of sp³-hybridized carbons (Fsp3) is 0.190. The Morgan fingerprint density at radius 2 is 2.00 bits per heavy atom. The highest BCUT2D eigenvalue weighted by atomic mass is 32.2. The fourth-order valence-corrected chi connectivity index (χ4v) is 4.71. The lowest BCUT2D eigenvalue weighted by atomic mass is 10.1. The molecule has 11 heteroatoms. The summed E-state index contributed by atoms with van der Waals surface area (Å²) < 4.78 is 58.9. The molecule has 166 valence electrons. The van der Waals surface area contributed by atoms with Gasteiger partial charge in [-0.1, -0.05) is 12.1 Å². The maximum absolute atomic E-state index is 14.0. The molecule has 0 fully saturated rings. The lowest BCUT2D eigenvalue weighted by Crippen LogP contribution is -2.39. The van der Waals surface area contributed by atoms with Crippen molar-refractivity contribution >= 4 is 27.9 Å². The Balaban J connectivity index is 1.52. The Bertz CT molecular complexity index is 1270. The van der Waals surface area contributed by atoms with E-state index in [-0.39, 0.29) is 13.0 Å². The van der Waals surface area contributed by atoms with Crippen molar-refractivity contribution in [2.24, 2.45) is 9.98 Å². The number of hydrogen-bond donors (Lipinski definition) is 1. The van der Waals surface area contributed by atoms with E-state index in [9.17, 15) is 22.0 Å². The third-order valence-corrected chi connectivity index (χ3v) is 6.70. The van der Waals surface area contributed by atoms with Crippen molar-refractivity contribution in [1.82, 2.24) is 9.62 Å². The van der Waals surface area contributed by atoms with Gasteiger partial charge < -0.3 is 10.1 Å². The van der Waals surface area contributed by atoms with Crippen LogP contribution in [0.2, 0.25) is 0 Å². The lowest BCUT2D eigenvalue weighted by molar-refractivity contribution is 0.0937. The van der Waals surface area contributed by atoms with Crippen LogP contribution in [0.4, 0.5) is 8.78 Å². The van der Waals surface area contributed by atoms with Crippen molar-refractivity contribution in [3.8, 4) is 5.75 Å². The number of para-hydroxylation sites is 1. The normalized spacial score (nSPS) is 17.8. The molecule has 1 amide bonds. The van der Waals surface area contributed by atoms with Crippen LogP contribution in [-0.4, -0.2) is 50.5 Å². The van der Waals surface area contributed by atoms with Crippen molar-refractivity contribution in [1.29, 1.82) is 0 Å². The summed E-state index contributed by atoms with van der Waals surface area (Å²) in [7, 11) is -2.76. The predicted molar refractivity (Wildman–Crippen MR) is 113 cm³/mol. The average molecular weight is 460 g/mol. The molecule has 4 rings (SSSR count). The minimum Gasteiger partial charge on any atom is -0.496 e. The van der Waals surface area contributed by atoms with E-state index < -0.39 is 38.8 Å². The van der Waals surface area contributed by atoms with Crippen molar-refractivity contribution < 1.29 is 26.7 Å².